The highest BCUT2D eigenvalue weighted by Crippen LogP contribution is 2.29. The van der Waals surface area contributed by atoms with Crippen molar-refractivity contribution >= 4 is 21.6 Å². The molecule has 0 aliphatic rings. The van der Waals surface area contributed by atoms with Gasteiger partial charge in [-0.25, -0.2) is 0 Å². The van der Waals surface area contributed by atoms with E-state index in [1.165, 1.54) is 17.7 Å². The molecule has 1 N–H and O–H groups in total. The van der Waals surface area contributed by atoms with Gasteiger partial charge in [-0.3, -0.25) is 0 Å². The quantitative estimate of drug-likeness (QED) is 0.787. The minimum Gasteiger partial charge on any atom is -0.374 e. The molecule has 0 saturated carbocycles. The third-order valence-electron chi connectivity index (χ3n) is 3.66. The molecule has 0 aliphatic heterocycles. The van der Waals surface area contributed by atoms with Crippen LogP contribution in [0.3, 0.4) is 0 Å². The molecule has 0 amide bonds. The zero-order chi connectivity index (χ0) is 14.4. The van der Waals surface area contributed by atoms with E-state index in [-0.39, 0.29) is 0 Å². The number of hydrogen-bond acceptors (Lipinski definition) is 2. The van der Waals surface area contributed by atoms with Crippen molar-refractivity contribution in [2.75, 3.05) is 25.0 Å². The number of nitrogens with one attached hydrogen (secondary N) is 1. The average molecular weight is 327 g/mol. The van der Waals surface area contributed by atoms with E-state index in [2.05, 4.69) is 79.1 Å². The second-order valence-electron chi connectivity index (χ2n) is 5.38. The van der Waals surface area contributed by atoms with Gasteiger partial charge in [0.2, 0.25) is 0 Å². The monoisotopic (exact) mass is 326 g/mol. The molecule has 1 aromatic carbocycles. The highest BCUT2D eigenvalue weighted by Gasteiger charge is 2.14. The first kappa shape index (κ1) is 16.5. The minimum atomic E-state index is 0.372. The van der Waals surface area contributed by atoms with Gasteiger partial charge in [-0.05, 0) is 43.1 Å². The molecule has 19 heavy (non-hydrogen) atoms. The fourth-order valence-corrected chi connectivity index (χ4v) is 2.71. The number of rotatable bonds is 7. The molecule has 1 rings (SSSR count). The molecule has 0 aliphatic carbocycles. The van der Waals surface area contributed by atoms with Crippen LogP contribution in [-0.2, 0) is 0 Å². The first-order chi connectivity index (χ1) is 8.99. The van der Waals surface area contributed by atoms with Gasteiger partial charge in [0.15, 0.2) is 0 Å². The lowest BCUT2D eigenvalue weighted by molar-refractivity contribution is 0.554. The summed E-state index contributed by atoms with van der Waals surface area (Å²) in [6.45, 7) is 11.0. The van der Waals surface area contributed by atoms with Crippen LogP contribution in [-0.4, -0.2) is 20.1 Å². The molecule has 0 fully saturated rings. The van der Waals surface area contributed by atoms with E-state index in [4.69, 9.17) is 0 Å². The largest absolute Gasteiger partial charge is 0.374 e. The van der Waals surface area contributed by atoms with Crippen molar-refractivity contribution in [2.45, 2.75) is 40.2 Å². The summed E-state index contributed by atoms with van der Waals surface area (Å²) in [6, 6.07) is 6.95. The van der Waals surface area contributed by atoms with Crippen molar-refractivity contribution in [2.24, 2.45) is 5.92 Å². The predicted molar refractivity (Wildman–Crippen MR) is 89.0 cm³/mol. The highest BCUT2D eigenvalue weighted by atomic mass is 79.9. The summed E-state index contributed by atoms with van der Waals surface area (Å²) in [4.78, 5) is 2.38. The lowest BCUT2D eigenvalue weighted by Gasteiger charge is -2.28. The van der Waals surface area contributed by atoms with Crippen LogP contribution in [0.4, 0.5) is 5.69 Å². The van der Waals surface area contributed by atoms with Crippen molar-refractivity contribution < 1.29 is 0 Å². The van der Waals surface area contributed by atoms with Gasteiger partial charge in [0.1, 0.15) is 0 Å². The van der Waals surface area contributed by atoms with Crippen LogP contribution in [0.5, 0.6) is 0 Å². The summed E-state index contributed by atoms with van der Waals surface area (Å²) in [6.07, 6.45) is 1.22. The summed E-state index contributed by atoms with van der Waals surface area (Å²) in [5.74, 6) is 0.718. The van der Waals surface area contributed by atoms with E-state index in [0.717, 1.165) is 23.5 Å². The van der Waals surface area contributed by atoms with Gasteiger partial charge in [-0.15, -0.1) is 0 Å². The first-order valence-corrected chi connectivity index (χ1v) is 8.02. The van der Waals surface area contributed by atoms with Crippen LogP contribution in [0, 0.1) is 5.92 Å². The van der Waals surface area contributed by atoms with E-state index in [1.54, 1.807) is 0 Å². The van der Waals surface area contributed by atoms with Crippen LogP contribution in [0.25, 0.3) is 0 Å². The zero-order valence-electron chi connectivity index (χ0n) is 12.8. The molecule has 3 heteroatoms. The topological polar surface area (TPSA) is 15.3 Å². The molecule has 1 aromatic rings. The van der Waals surface area contributed by atoms with E-state index < -0.39 is 0 Å². The molecule has 108 valence electrons. The zero-order valence-corrected chi connectivity index (χ0v) is 14.4. The Labute approximate surface area is 126 Å². The summed E-state index contributed by atoms with van der Waals surface area (Å²) in [7, 11) is 2.19. The number of nitrogens with zero attached hydrogens (tertiary/aromatic N) is 1. The Hall–Kier alpha value is -0.540. The Bertz CT molecular complexity index is 392. The number of halogens is 1. The third kappa shape index (κ3) is 4.81. The normalized spacial score (nSPS) is 14.2. The maximum atomic E-state index is 3.58. The number of hydrogen-bond donors (Lipinski definition) is 1. The molecule has 0 radical (unpaired) electrons. The van der Waals surface area contributed by atoms with Crippen molar-refractivity contribution in [1.29, 1.82) is 0 Å². The van der Waals surface area contributed by atoms with Gasteiger partial charge in [0.05, 0.1) is 0 Å². The summed E-state index contributed by atoms with van der Waals surface area (Å²) in [5, 5.41) is 3.50. The van der Waals surface area contributed by atoms with Crippen molar-refractivity contribution in [1.82, 2.24) is 5.32 Å². The molecule has 2 unspecified atom stereocenters. The van der Waals surface area contributed by atoms with Crippen molar-refractivity contribution in [3.63, 3.8) is 0 Å². The Balaban J connectivity index is 2.98. The molecule has 0 spiro atoms. The fraction of sp³-hybridized carbons (Fsp3) is 0.625. The van der Waals surface area contributed by atoms with Gasteiger partial charge in [0, 0.05) is 29.8 Å². The smallest absolute Gasteiger partial charge is 0.0412 e. The minimum absolute atomic E-state index is 0.372. The maximum Gasteiger partial charge on any atom is 0.0412 e. The van der Waals surface area contributed by atoms with E-state index in [0.29, 0.717) is 6.04 Å². The second kappa shape index (κ2) is 7.91. The Morgan fingerprint density at radius 2 is 1.95 bits per heavy atom. The van der Waals surface area contributed by atoms with Gasteiger partial charge >= 0.3 is 0 Å². The Morgan fingerprint density at radius 1 is 1.26 bits per heavy atom. The van der Waals surface area contributed by atoms with E-state index in [9.17, 15) is 0 Å². The van der Waals surface area contributed by atoms with Crippen molar-refractivity contribution in [3.8, 4) is 0 Å². The number of benzene rings is 1. The van der Waals surface area contributed by atoms with E-state index in [1.807, 2.05) is 0 Å². The fourth-order valence-electron chi connectivity index (χ4n) is 2.33. The molecule has 0 saturated heterocycles. The van der Waals surface area contributed by atoms with Crippen molar-refractivity contribution in [3.05, 3.63) is 28.2 Å². The van der Waals surface area contributed by atoms with Crippen LogP contribution in [0.2, 0.25) is 0 Å². The molecular formula is C16H27BrN2. The summed E-state index contributed by atoms with van der Waals surface area (Å²) < 4.78 is 1.15. The lowest BCUT2D eigenvalue weighted by atomic mass is 10.0. The predicted octanol–water partition coefficient (Wildman–Crippen LogP) is 4.60. The molecular weight excluding hydrogens is 300 g/mol. The van der Waals surface area contributed by atoms with Gasteiger partial charge < -0.3 is 10.2 Å². The van der Waals surface area contributed by atoms with Crippen LogP contribution in [0.15, 0.2) is 22.7 Å². The lowest BCUT2D eigenvalue weighted by Crippen LogP contribution is -2.27. The SMILES string of the molecule is CCNC(C)c1cc(Br)ccc1N(C)CC(C)CC. The maximum absolute atomic E-state index is 3.58. The standard InChI is InChI=1S/C16H27BrN2/c1-6-12(3)11-19(5)16-9-8-14(17)10-15(16)13(4)18-7-2/h8-10,12-13,18H,6-7,11H2,1-5H3. The highest BCUT2D eigenvalue weighted by molar-refractivity contribution is 9.10. The summed E-state index contributed by atoms with van der Waals surface area (Å²) in [5.41, 5.74) is 2.69. The average Bonchev–Trinajstić information content (AvgIpc) is 2.38. The number of anilines is 1. The molecule has 2 atom stereocenters. The molecule has 2 nitrogen and oxygen atoms in total. The van der Waals surface area contributed by atoms with Crippen LogP contribution < -0.4 is 10.2 Å². The van der Waals surface area contributed by atoms with Gasteiger partial charge in [0.25, 0.3) is 0 Å². The van der Waals surface area contributed by atoms with Gasteiger partial charge in [-0.1, -0.05) is 43.1 Å². The van der Waals surface area contributed by atoms with Crippen LogP contribution >= 0.6 is 15.9 Å². The van der Waals surface area contributed by atoms with Gasteiger partial charge in [-0.2, -0.15) is 0 Å². The Morgan fingerprint density at radius 3 is 2.53 bits per heavy atom. The molecule has 0 heterocycles. The Kier molecular flexibility index (Phi) is 6.87. The first-order valence-electron chi connectivity index (χ1n) is 7.23. The molecule has 0 aromatic heterocycles. The third-order valence-corrected chi connectivity index (χ3v) is 4.15. The van der Waals surface area contributed by atoms with Crippen LogP contribution in [0.1, 0.15) is 45.7 Å². The molecule has 0 bridgehead atoms. The summed E-state index contributed by atoms with van der Waals surface area (Å²) >= 11 is 3.58. The second-order valence-corrected chi connectivity index (χ2v) is 6.29. The van der Waals surface area contributed by atoms with E-state index >= 15 is 0 Å².